The maximum atomic E-state index is 13.1. The Morgan fingerprint density at radius 1 is 1.45 bits per heavy atom. The molecule has 0 atom stereocenters. The minimum Gasteiger partial charge on any atom is -0.344 e. The molecule has 108 valence electrons. The van der Waals surface area contributed by atoms with Gasteiger partial charge in [-0.15, -0.1) is 0 Å². The van der Waals surface area contributed by atoms with Crippen LogP contribution in [-0.4, -0.2) is 5.91 Å². The van der Waals surface area contributed by atoms with E-state index >= 15 is 0 Å². The van der Waals surface area contributed by atoms with E-state index in [1.807, 2.05) is 20.8 Å². The van der Waals surface area contributed by atoms with Gasteiger partial charge in [0.25, 0.3) is 0 Å². The number of hydrogen-bond acceptors (Lipinski definition) is 1. The molecule has 20 heavy (non-hydrogen) atoms. The van der Waals surface area contributed by atoms with Crippen LogP contribution in [0.5, 0.6) is 0 Å². The molecule has 2 nitrogen and oxygen atoms in total. The minimum absolute atomic E-state index is 0.139. The highest BCUT2D eigenvalue weighted by Gasteiger charge is 2.27. The summed E-state index contributed by atoms with van der Waals surface area (Å²) >= 11 is 6.06. The van der Waals surface area contributed by atoms with Crippen LogP contribution in [0.2, 0.25) is 5.02 Å². The molecule has 0 unspecified atom stereocenters. The zero-order valence-electron chi connectivity index (χ0n) is 12.0. The SMILES string of the molecule is CC(=CC(=O)NC(C)(C)c1ccc(F)cc1Cl)C1CC1. The molecule has 0 heterocycles. The second-order valence-corrected chi connectivity index (χ2v) is 6.31. The molecule has 1 fully saturated rings. The predicted octanol–water partition coefficient (Wildman–Crippen LogP) is 4.19. The lowest BCUT2D eigenvalue weighted by molar-refractivity contribution is -0.118. The summed E-state index contributed by atoms with van der Waals surface area (Å²) in [5.41, 5.74) is 1.16. The fraction of sp³-hybridized carbons (Fsp3) is 0.438. The van der Waals surface area contributed by atoms with Crippen molar-refractivity contribution in [2.75, 3.05) is 0 Å². The van der Waals surface area contributed by atoms with Crippen LogP contribution >= 0.6 is 11.6 Å². The van der Waals surface area contributed by atoms with E-state index in [0.29, 0.717) is 16.5 Å². The predicted molar refractivity (Wildman–Crippen MR) is 79.1 cm³/mol. The van der Waals surface area contributed by atoms with Crippen LogP contribution in [0.4, 0.5) is 4.39 Å². The zero-order valence-corrected chi connectivity index (χ0v) is 12.7. The average Bonchev–Trinajstić information content (AvgIpc) is 3.10. The molecule has 1 aliphatic carbocycles. The van der Waals surface area contributed by atoms with Gasteiger partial charge in [-0.3, -0.25) is 4.79 Å². The van der Waals surface area contributed by atoms with Crippen molar-refractivity contribution in [2.45, 2.75) is 39.2 Å². The molecule has 0 aromatic heterocycles. The molecule has 0 saturated heterocycles. The zero-order chi connectivity index (χ0) is 14.9. The molecular weight excluding hydrogens is 277 g/mol. The second-order valence-electron chi connectivity index (χ2n) is 5.90. The summed E-state index contributed by atoms with van der Waals surface area (Å²) in [6, 6.07) is 4.21. The van der Waals surface area contributed by atoms with Crippen molar-refractivity contribution in [3.63, 3.8) is 0 Å². The van der Waals surface area contributed by atoms with Crippen molar-refractivity contribution < 1.29 is 9.18 Å². The van der Waals surface area contributed by atoms with E-state index in [4.69, 9.17) is 11.6 Å². The van der Waals surface area contributed by atoms with Gasteiger partial charge in [-0.05, 0) is 57.2 Å². The van der Waals surface area contributed by atoms with Crippen LogP contribution in [0.1, 0.15) is 39.2 Å². The highest BCUT2D eigenvalue weighted by Crippen LogP contribution is 2.36. The third-order valence-corrected chi connectivity index (χ3v) is 3.93. The highest BCUT2D eigenvalue weighted by molar-refractivity contribution is 6.31. The summed E-state index contributed by atoms with van der Waals surface area (Å²) in [6.45, 7) is 5.68. The standard InChI is InChI=1S/C16H19ClFNO/c1-10(11-4-5-11)8-15(20)19-16(2,3)13-7-6-12(18)9-14(13)17/h6-9,11H,4-5H2,1-3H3,(H,19,20). The van der Waals surface area contributed by atoms with Crippen molar-refractivity contribution in [3.8, 4) is 0 Å². The van der Waals surface area contributed by atoms with E-state index in [0.717, 1.165) is 5.57 Å². The van der Waals surface area contributed by atoms with E-state index in [1.54, 1.807) is 12.1 Å². The van der Waals surface area contributed by atoms with Gasteiger partial charge < -0.3 is 5.32 Å². The van der Waals surface area contributed by atoms with Gasteiger partial charge in [0.2, 0.25) is 5.91 Å². The van der Waals surface area contributed by atoms with Gasteiger partial charge in [-0.2, -0.15) is 0 Å². The van der Waals surface area contributed by atoms with Gasteiger partial charge >= 0.3 is 0 Å². The molecular formula is C16H19ClFNO. The van der Waals surface area contributed by atoms with Crippen LogP contribution < -0.4 is 5.32 Å². The number of allylic oxidation sites excluding steroid dienone is 1. The smallest absolute Gasteiger partial charge is 0.244 e. The monoisotopic (exact) mass is 295 g/mol. The van der Waals surface area contributed by atoms with Crippen molar-refractivity contribution >= 4 is 17.5 Å². The normalized spacial score (nSPS) is 16.1. The largest absolute Gasteiger partial charge is 0.344 e. The number of rotatable bonds is 4. The van der Waals surface area contributed by atoms with Crippen LogP contribution in [0.3, 0.4) is 0 Å². The van der Waals surface area contributed by atoms with Gasteiger partial charge in [0, 0.05) is 11.1 Å². The first-order chi connectivity index (χ1) is 9.29. The third kappa shape index (κ3) is 3.60. The Balaban J connectivity index is 2.13. The Morgan fingerprint density at radius 2 is 2.10 bits per heavy atom. The number of halogens is 2. The molecule has 1 saturated carbocycles. The summed E-state index contributed by atoms with van der Waals surface area (Å²) in [5, 5.41) is 3.24. The molecule has 0 spiro atoms. The molecule has 4 heteroatoms. The number of carbonyl (C=O) groups excluding carboxylic acids is 1. The molecule has 2 rings (SSSR count). The van der Waals surface area contributed by atoms with Gasteiger partial charge in [-0.1, -0.05) is 23.2 Å². The molecule has 0 aliphatic heterocycles. The van der Waals surface area contributed by atoms with E-state index in [9.17, 15) is 9.18 Å². The lowest BCUT2D eigenvalue weighted by atomic mass is 9.94. The van der Waals surface area contributed by atoms with Gasteiger partial charge in [0.15, 0.2) is 0 Å². The van der Waals surface area contributed by atoms with E-state index < -0.39 is 5.54 Å². The van der Waals surface area contributed by atoms with Crippen molar-refractivity contribution in [3.05, 3.63) is 46.3 Å². The number of amides is 1. The summed E-state index contributed by atoms with van der Waals surface area (Å²) in [7, 11) is 0. The quantitative estimate of drug-likeness (QED) is 0.829. The van der Waals surface area contributed by atoms with Crippen molar-refractivity contribution in [2.24, 2.45) is 5.92 Å². The summed E-state index contributed by atoms with van der Waals surface area (Å²) in [5.74, 6) is 0.0448. The molecule has 1 aromatic carbocycles. The summed E-state index contributed by atoms with van der Waals surface area (Å²) in [4.78, 5) is 12.0. The first kappa shape index (κ1) is 15.0. The van der Waals surface area contributed by atoms with Crippen molar-refractivity contribution in [1.29, 1.82) is 0 Å². The third-order valence-electron chi connectivity index (χ3n) is 3.62. The maximum absolute atomic E-state index is 13.1. The first-order valence-corrected chi connectivity index (χ1v) is 7.13. The van der Waals surface area contributed by atoms with Crippen LogP contribution in [-0.2, 0) is 10.3 Å². The maximum Gasteiger partial charge on any atom is 0.244 e. The topological polar surface area (TPSA) is 29.1 Å². The Morgan fingerprint density at radius 3 is 2.65 bits per heavy atom. The van der Waals surface area contributed by atoms with Crippen LogP contribution in [0, 0.1) is 11.7 Å². The number of carbonyl (C=O) groups is 1. The number of nitrogens with one attached hydrogen (secondary N) is 1. The number of hydrogen-bond donors (Lipinski definition) is 1. The van der Waals surface area contributed by atoms with Gasteiger partial charge in [-0.25, -0.2) is 4.39 Å². The van der Waals surface area contributed by atoms with Gasteiger partial charge in [0.05, 0.1) is 5.54 Å². The summed E-state index contributed by atoms with van der Waals surface area (Å²) < 4.78 is 13.1. The Bertz CT molecular complexity index is 562. The van der Waals surface area contributed by atoms with E-state index in [2.05, 4.69) is 5.32 Å². The lowest BCUT2D eigenvalue weighted by Crippen LogP contribution is -2.40. The molecule has 1 amide bonds. The van der Waals surface area contributed by atoms with Crippen LogP contribution in [0.25, 0.3) is 0 Å². The molecule has 0 radical (unpaired) electrons. The molecule has 1 N–H and O–H groups in total. The molecule has 1 aliphatic rings. The van der Waals surface area contributed by atoms with Gasteiger partial charge in [0.1, 0.15) is 5.82 Å². The Kier molecular flexibility index (Phi) is 4.19. The second kappa shape index (κ2) is 5.57. The highest BCUT2D eigenvalue weighted by atomic mass is 35.5. The van der Waals surface area contributed by atoms with E-state index in [-0.39, 0.29) is 11.7 Å². The molecule has 1 aromatic rings. The average molecular weight is 296 g/mol. The number of benzene rings is 1. The van der Waals surface area contributed by atoms with Crippen molar-refractivity contribution in [1.82, 2.24) is 5.32 Å². The fourth-order valence-electron chi connectivity index (χ4n) is 2.27. The lowest BCUT2D eigenvalue weighted by Gasteiger charge is -2.27. The van der Waals surface area contributed by atoms with E-state index in [1.165, 1.54) is 25.0 Å². The Labute approximate surface area is 124 Å². The minimum atomic E-state index is -0.651. The summed E-state index contributed by atoms with van der Waals surface area (Å²) in [6.07, 6.45) is 3.99. The molecule has 0 bridgehead atoms. The van der Waals surface area contributed by atoms with Crippen LogP contribution in [0.15, 0.2) is 29.8 Å². The first-order valence-electron chi connectivity index (χ1n) is 6.75. The Hall–Kier alpha value is -1.35. The fourth-order valence-corrected chi connectivity index (χ4v) is 2.67.